The monoisotopic (exact) mass is 340 g/mol. The number of hydrogen-bond donors (Lipinski definition) is 1. The SMILES string of the molecule is Cc1ccsc1CN(C)[C@@H](C)C(=O)Nc1ccc(F)cc1Cl. The highest BCUT2D eigenvalue weighted by atomic mass is 35.5. The largest absolute Gasteiger partial charge is 0.323 e. The zero-order chi connectivity index (χ0) is 16.3. The predicted molar refractivity (Wildman–Crippen MR) is 90.0 cm³/mol. The Labute approximate surface area is 138 Å². The third kappa shape index (κ3) is 4.06. The Kier molecular flexibility index (Phi) is 5.56. The van der Waals surface area contributed by atoms with E-state index in [1.54, 1.807) is 11.3 Å². The van der Waals surface area contributed by atoms with Crippen molar-refractivity contribution in [3.8, 4) is 0 Å². The first-order valence-electron chi connectivity index (χ1n) is 6.87. The van der Waals surface area contributed by atoms with Crippen LogP contribution in [0, 0.1) is 12.7 Å². The van der Waals surface area contributed by atoms with Crippen molar-refractivity contribution in [2.45, 2.75) is 26.4 Å². The summed E-state index contributed by atoms with van der Waals surface area (Å²) in [6, 6.07) is 5.65. The first-order valence-corrected chi connectivity index (χ1v) is 8.13. The summed E-state index contributed by atoms with van der Waals surface area (Å²) in [5, 5.41) is 4.97. The van der Waals surface area contributed by atoms with Gasteiger partial charge in [0.1, 0.15) is 5.82 Å². The molecule has 1 amide bonds. The zero-order valence-electron chi connectivity index (χ0n) is 12.7. The molecule has 118 valence electrons. The lowest BCUT2D eigenvalue weighted by Crippen LogP contribution is -2.39. The fraction of sp³-hybridized carbons (Fsp3) is 0.312. The van der Waals surface area contributed by atoms with E-state index in [0.29, 0.717) is 12.2 Å². The van der Waals surface area contributed by atoms with Gasteiger partial charge in [-0.05, 0) is 56.1 Å². The summed E-state index contributed by atoms with van der Waals surface area (Å²) in [7, 11) is 1.90. The van der Waals surface area contributed by atoms with Crippen LogP contribution in [0.25, 0.3) is 0 Å². The molecule has 0 saturated heterocycles. The predicted octanol–water partition coefficient (Wildman–Crippen LogP) is 4.31. The maximum Gasteiger partial charge on any atom is 0.241 e. The van der Waals surface area contributed by atoms with Gasteiger partial charge in [-0.25, -0.2) is 4.39 Å². The number of thiophene rings is 1. The van der Waals surface area contributed by atoms with E-state index in [1.165, 1.54) is 28.6 Å². The lowest BCUT2D eigenvalue weighted by atomic mass is 10.2. The highest BCUT2D eigenvalue weighted by Gasteiger charge is 2.20. The Morgan fingerprint density at radius 2 is 2.18 bits per heavy atom. The molecule has 1 aromatic heterocycles. The van der Waals surface area contributed by atoms with Crippen LogP contribution in [0.3, 0.4) is 0 Å². The fourth-order valence-corrected chi connectivity index (χ4v) is 3.14. The van der Waals surface area contributed by atoms with Gasteiger partial charge in [-0.2, -0.15) is 0 Å². The van der Waals surface area contributed by atoms with Crippen molar-refractivity contribution in [2.24, 2.45) is 0 Å². The normalized spacial score (nSPS) is 12.5. The molecule has 1 atom stereocenters. The molecule has 0 aliphatic heterocycles. The highest BCUT2D eigenvalue weighted by molar-refractivity contribution is 7.10. The van der Waals surface area contributed by atoms with Gasteiger partial charge in [-0.3, -0.25) is 9.69 Å². The minimum absolute atomic E-state index is 0.176. The van der Waals surface area contributed by atoms with Crippen LogP contribution in [0.15, 0.2) is 29.6 Å². The number of anilines is 1. The molecule has 3 nitrogen and oxygen atoms in total. The number of nitrogens with zero attached hydrogens (tertiary/aromatic N) is 1. The van der Waals surface area contributed by atoms with Crippen LogP contribution in [-0.4, -0.2) is 23.9 Å². The lowest BCUT2D eigenvalue weighted by Gasteiger charge is -2.24. The molecule has 1 aromatic carbocycles. The van der Waals surface area contributed by atoms with Crippen LogP contribution in [0.5, 0.6) is 0 Å². The van der Waals surface area contributed by atoms with Crippen molar-refractivity contribution in [2.75, 3.05) is 12.4 Å². The van der Waals surface area contributed by atoms with Crippen LogP contribution >= 0.6 is 22.9 Å². The van der Waals surface area contributed by atoms with Gasteiger partial charge < -0.3 is 5.32 Å². The van der Waals surface area contributed by atoms with Crippen molar-refractivity contribution in [1.29, 1.82) is 0 Å². The molecule has 1 heterocycles. The van der Waals surface area contributed by atoms with E-state index >= 15 is 0 Å². The average Bonchev–Trinajstić information content (AvgIpc) is 2.86. The maximum atomic E-state index is 13.0. The fourth-order valence-electron chi connectivity index (χ4n) is 1.96. The number of carbonyl (C=O) groups is 1. The molecule has 2 rings (SSSR count). The molecule has 0 aliphatic carbocycles. The van der Waals surface area contributed by atoms with Crippen LogP contribution in [-0.2, 0) is 11.3 Å². The van der Waals surface area contributed by atoms with Gasteiger partial charge in [0.15, 0.2) is 0 Å². The summed E-state index contributed by atoms with van der Waals surface area (Å²) in [6.07, 6.45) is 0. The first kappa shape index (κ1) is 16.9. The Morgan fingerprint density at radius 3 is 2.77 bits per heavy atom. The first-order chi connectivity index (χ1) is 10.4. The van der Waals surface area contributed by atoms with Gasteiger partial charge in [-0.1, -0.05) is 11.6 Å². The third-order valence-electron chi connectivity index (χ3n) is 3.59. The molecule has 0 unspecified atom stereocenters. The van der Waals surface area contributed by atoms with E-state index in [1.807, 2.05) is 24.3 Å². The molecule has 1 N–H and O–H groups in total. The molecule has 0 saturated carbocycles. The summed E-state index contributed by atoms with van der Waals surface area (Å²) >= 11 is 7.61. The summed E-state index contributed by atoms with van der Waals surface area (Å²) in [4.78, 5) is 15.5. The quantitative estimate of drug-likeness (QED) is 0.879. The molecular formula is C16H18ClFN2OS. The summed E-state index contributed by atoms with van der Waals surface area (Å²) in [5.41, 5.74) is 1.65. The van der Waals surface area contributed by atoms with Crippen LogP contribution in [0.4, 0.5) is 10.1 Å². The summed E-state index contributed by atoms with van der Waals surface area (Å²) in [5.74, 6) is -0.605. The lowest BCUT2D eigenvalue weighted by molar-refractivity contribution is -0.120. The van der Waals surface area contributed by atoms with Crippen LogP contribution < -0.4 is 5.32 Å². The molecule has 2 aromatic rings. The van der Waals surface area contributed by atoms with Gasteiger partial charge in [0.05, 0.1) is 16.8 Å². The molecule has 0 spiro atoms. The zero-order valence-corrected chi connectivity index (χ0v) is 14.3. The number of carbonyl (C=O) groups excluding carboxylic acids is 1. The number of nitrogens with one attached hydrogen (secondary N) is 1. The standard InChI is InChI=1S/C16H18ClFN2OS/c1-10-6-7-22-15(10)9-20(3)11(2)16(21)19-14-5-4-12(18)8-13(14)17/h4-8,11H,9H2,1-3H3,(H,19,21)/t11-/m0/s1. The average molecular weight is 341 g/mol. The molecule has 0 aliphatic rings. The number of benzene rings is 1. The Morgan fingerprint density at radius 1 is 1.45 bits per heavy atom. The van der Waals surface area contributed by atoms with E-state index in [0.717, 1.165) is 0 Å². The molecule has 6 heteroatoms. The van der Waals surface area contributed by atoms with E-state index in [2.05, 4.69) is 18.3 Å². The molecule has 0 fully saturated rings. The Balaban J connectivity index is 2.00. The van der Waals surface area contributed by atoms with Crippen molar-refractivity contribution >= 4 is 34.5 Å². The van der Waals surface area contributed by atoms with Crippen LogP contribution in [0.1, 0.15) is 17.4 Å². The van der Waals surface area contributed by atoms with E-state index < -0.39 is 5.82 Å². The number of rotatable bonds is 5. The van der Waals surface area contributed by atoms with Crippen LogP contribution in [0.2, 0.25) is 5.02 Å². The van der Waals surface area contributed by atoms with Crippen molar-refractivity contribution in [1.82, 2.24) is 4.90 Å². The highest BCUT2D eigenvalue weighted by Crippen LogP contribution is 2.23. The second kappa shape index (κ2) is 7.22. The number of halogens is 2. The van der Waals surface area contributed by atoms with Crippen molar-refractivity contribution in [3.05, 3.63) is 50.9 Å². The number of likely N-dealkylation sites (N-methyl/N-ethyl adjacent to an activating group) is 1. The molecule has 0 radical (unpaired) electrons. The third-order valence-corrected chi connectivity index (χ3v) is 4.91. The topological polar surface area (TPSA) is 32.3 Å². The second-order valence-corrected chi connectivity index (χ2v) is 6.64. The maximum absolute atomic E-state index is 13.0. The Bertz CT molecular complexity index is 674. The van der Waals surface area contributed by atoms with E-state index in [9.17, 15) is 9.18 Å². The molecular weight excluding hydrogens is 323 g/mol. The number of amides is 1. The van der Waals surface area contributed by atoms with Crippen molar-refractivity contribution < 1.29 is 9.18 Å². The number of hydrogen-bond acceptors (Lipinski definition) is 3. The Hall–Kier alpha value is -1.43. The van der Waals surface area contributed by atoms with Gasteiger partial charge in [0.2, 0.25) is 5.91 Å². The summed E-state index contributed by atoms with van der Waals surface area (Å²) in [6.45, 7) is 4.59. The second-order valence-electron chi connectivity index (χ2n) is 5.23. The van der Waals surface area contributed by atoms with E-state index in [4.69, 9.17) is 11.6 Å². The number of aryl methyl sites for hydroxylation is 1. The smallest absolute Gasteiger partial charge is 0.241 e. The van der Waals surface area contributed by atoms with Gasteiger partial charge in [0, 0.05) is 11.4 Å². The van der Waals surface area contributed by atoms with Gasteiger partial charge >= 0.3 is 0 Å². The molecule has 22 heavy (non-hydrogen) atoms. The van der Waals surface area contributed by atoms with E-state index in [-0.39, 0.29) is 17.0 Å². The minimum atomic E-state index is -0.429. The molecule has 0 bridgehead atoms. The van der Waals surface area contributed by atoms with Gasteiger partial charge in [0.25, 0.3) is 0 Å². The van der Waals surface area contributed by atoms with Crippen molar-refractivity contribution in [3.63, 3.8) is 0 Å². The van der Waals surface area contributed by atoms with Gasteiger partial charge in [-0.15, -0.1) is 11.3 Å². The minimum Gasteiger partial charge on any atom is -0.323 e. The summed E-state index contributed by atoms with van der Waals surface area (Å²) < 4.78 is 13.0.